The molecule has 17 heavy (non-hydrogen) atoms. The minimum absolute atomic E-state index is 0.189. The highest BCUT2D eigenvalue weighted by molar-refractivity contribution is 7.89. The van der Waals surface area contributed by atoms with Crippen molar-refractivity contribution in [1.82, 2.24) is 14.5 Å². The van der Waals surface area contributed by atoms with Gasteiger partial charge in [0.05, 0.1) is 5.75 Å². The van der Waals surface area contributed by atoms with Crippen LogP contribution < -0.4 is 5.32 Å². The van der Waals surface area contributed by atoms with E-state index in [1.807, 2.05) is 32.8 Å². The molecule has 0 aliphatic carbocycles. The second kappa shape index (κ2) is 8.85. The third kappa shape index (κ3) is 7.70. The van der Waals surface area contributed by atoms with Crippen LogP contribution in [-0.2, 0) is 10.0 Å². The zero-order valence-corrected chi connectivity index (χ0v) is 12.4. The quantitative estimate of drug-likeness (QED) is 0.573. The maximum atomic E-state index is 12.1. The van der Waals surface area contributed by atoms with Gasteiger partial charge in [-0.15, -0.1) is 0 Å². The van der Waals surface area contributed by atoms with E-state index in [1.54, 1.807) is 4.31 Å². The van der Waals surface area contributed by atoms with E-state index >= 15 is 0 Å². The van der Waals surface area contributed by atoms with Crippen molar-refractivity contribution in [1.29, 1.82) is 0 Å². The summed E-state index contributed by atoms with van der Waals surface area (Å²) in [5.74, 6) is 0.189. The Balaban J connectivity index is 4.33. The SMILES string of the molecule is CCCN(CCN(C)C)S(=O)(=O)CCNCC. The van der Waals surface area contributed by atoms with Crippen LogP contribution in [0, 0.1) is 0 Å². The highest BCUT2D eigenvalue weighted by Gasteiger charge is 2.20. The number of nitrogens with zero attached hydrogens (tertiary/aromatic N) is 2. The molecular formula is C11H27N3O2S. The van der Waals surface area contributed by atoms with Crippen molar-refractivity contribution in [2.24, 2.45) is 0 Å². The predicted octanol–water partition coefficient (Wildman–Crippen LogP) is 0.199. The molecule has 0 radical (unpaired) electrons. The highest BCUT2D eigenvalue weighted by atomic mass is 32.2. The van der Waals surface area contributed by atoms with Crippen molar-refractivity contribution in [3.8, 4) is 0 Å². The Hall–Kier alpha value is -0.170. The van der Waals surface area contributed by atoms with Gasteiger partial charge < -0.3 is 10.2 Å². The summed E-state index contributed by atoms with van der Waals surface area (Å²) in [6.07, 6.45) is 0.855. The largest absolute Gasteiger partial charge is 0.316 e. The molecule has 0 aromatic heterocycles. The summed E-state index contributed by atoms with van der Waals surface area (Å²) >= 11 is 0. The monoisotopic (exact) mass is 265 g/mol. The number of rotatable bonds is 10. The third-order valence-corrected chi connectivity index (χ3v) is 4.32. The highest BCUT2D eigenvalue weighted by Crippen LogP contribution is 2.02. The van der Waals surface area contributed by atoms with Crippen LogP contribution in [0.2, 0.25) is 0 Å². The minimum atomic E-state index is -3.11. The molecule has 0 saturated carbocycles. The first-order valence-electron chi connectivity index (χ1n) is 6.27. The molecule has 0 spiro atoms. The number of hydrogen-bond acceptors (Lipinski definition) is 4. The third-order valence-electron chi connectivity index (χ3n) is 2.45. The van der Waals surface area contributed by atoms with Crippen molar-refractivity contribution >= 4 is 10.0 Å². The molecule has 0 aliphatic rings. The summed E-state index contributed by atoms with van der Waals surface area (Å²) in [6.45, 7) is 7.27. The second-order valence-corrected chi connectivity index (χ2v) is 6.46. The summed E-state index contributed by atoms with van der Waals surface area (Å²) in [7, 11) is 0.799. The lowest BCUT2D eigenvalue weighted by Crippen LogP contribution is -2.40. The molecule has 0 saturated heterocycles. The fourth-order valence-electron chi connectivity index (χ4n) is 1.46. The van der Waals surface area contributed by atoms with Crippen LogP contribution in [0.4, 0.5) is 0 Å². The number of hydrogen-bond donors (Lipinski definition) is 1. The molecule has 0 aromatic carbocycles. The summed E-state index contributed by atoms with van der Waals surface area (Å²) in [5, 5.41) is 3.05. The average Bonchev–Trinajstić information content (AvgIpc) is 2.23. The zero-order chi connectivity index (χ0) is 13.3. The van der Waals surface area contributed by atoms with Crippen LogP contribution in [0.1, 0.15) is 20.3 Å². The van der Waals surface area contributed by atoms with Crippen LogP contribution in [0.3, 0.4) is 0 Å². The standard InChI is InChI=1S/C11H27N3O2S/c1-5-8-14(10-9-13(3)4)17(15,16)11-7-12-6-2/h12H,5-11H2,1-4H3. The van der Waals surface area contributed by atoms with Crippen molar-refractivity contribution in [3.63, 3.8) is 0 Å². The molecule has 0 bridgehead atoms. The number of likely N-dealkylation sites (N-methyl/N-ethyl adjacent to an activating group) is 1. The van der Waals surface area contributed by atoms with E-state index in [9.17, 15) is 8.42 Å². The average molecular weight is 265 g/mol. The molecule has 104 valence electrons. The van der Waals surface area contributed by atoms with Crippen LogP contribution in [0.15, 0.2) is 0 Å². The molecule has 0 amide bonds. The van der Waals surface area contributed by atoms with Crippen LogP contribution in [0.25, 0.3) is 0 Å². The molecule has 5 nitrogen and oxygen atoms in total. The van der Waals surface area contributed by atoms with Gasteiger partial charge in [-0.05, 0) is 27.1 Å². The lowest BCUT2D eigenvalue weighted by atomic mass is 10.4. The van der Waals surface area contributed by atoms with Gasteiger partial charge in [0.2, 0.25) is 10.0 Å². The second-order valence-electron chi connectivity index (χ2n) is 4.37. The summed E-state index contributed by atoms with van der Waals surface area (Å²) < 4.78 is 25.8. The first-order valence-corrected chi connectivity index (χ1v) is 7.88. The lowest BCUT2D eigenvalue weighted by Gasteiger charge is -2.23. The number of nitrogens with one attached hydrogen (secondary N) is 1. The van der Waals surface area contributed by atoms with Crippen molar-refractivity contribution in [2.75, 3.05) is 52.6 Å². The Labute approximate surface area is 106 Å². The van der Waals surface area contributed by atoms with Crippen LogP contribution in [-0.4, -0.2) is 70.2 Å². The van der Waals surface area contributed by atoms with E-state index in [-0.39, 0.29) is 5.75 Å². The molecule has 0 fully saturated rings. The Morgan fingerprint density at radius 3 is 2.18 bits per heavy atom. The van der Waals surface area contributed by atoms with Crippen molar-refractivity contribution in [3.05, 3.63) is 0 Å². The molecular weight excluding hydrogens is 238 g/mol. The van der Waals surface area contributed by atoms with Gasteiger partial charge in [0.25, 0.3) is 0 Å². The molecule has 0 rings (SSSR count). The minimum Gasteiger partial charge on any atom is -0.316 e. The van der Waals surface area contributed by atoms with Crippen LogP contribution >= 0.6 is 0 Å². The van der Waals surface area contributed by atoms with Gasteiger partial charge in [0, 0.05) is 26.2 Å². The first-order chi connectivity index (χ1) is 7.94. The molecule has 0 atom stereocenters. The van der Waals surface area contributed by atoms with Gasteiger partial charge in [-0.1, -0.05) is 13.8 Å². The molecule has 1 N–H and O–H groups in total. The Kier molecular flexibility index (Phi) is 8.77. The molecule has 0 aliphatic heterocycles. The Bertz CT molecular complexity index is 278. The summed E-state index contributed by atoms with van der Waals surface area (Å²) in [6, 6.07) is 0. The topological polar surface area (TPSA) is 52.7 Å². The summed E-state index contributed by atoms with van der Waals surface area (Å²) in [4.78, 5) is 2.00. The van der Waals surface area contributed by atoms with Gasteiger partial charge in [-0.3, -0.25) is 0 Å². The van der Waals surface area contributed by atoms with Crippen molar-refractivity contribution in [2.45, 2.75) is 20.3 Å². The number of sulfonamides is 1. The summed E-state index contributed by atoms with van der Waals surface area (Å²) in [5.41, 5.74) is 0. The van der Waals surface area contributed by atoms with E-state index in [2.05, 4.69) is 5.32 Å². The smallest absolute Gasteiger partial charge is 0.215 e. The Morgan fingerprint density at radius 2 is 1.71 bits per heavy atom. The van der Waals surface area contributed by atoms with Gasteiger partial charge in [0.15, 0.2) is 0 Å². The van der Waals surface area contributed by atoms with Gasteiger partial charge in [-0.2, -0.15) is 0 Å². The predicted molar refractivity (Wildman–Crippen MR) is 72.7 cm³/mol. The fraction of sp³-hybridized carbons (Fsp3) is 1.00. The van der Waals surface area contributed by atoms with E-state index in [1.165, 1.54) is 0 Å². The van der Waals surface area contributed by atoms with Crippen LogP contribution in [0.5, 0.6) is 0 Å². The molecule has 0 heterocycles. The lowest BCUT2D eigenvalue weighted by molar-refractivity contribution is 0.333. The van der Waals surface area contributed by atoms with E-state index in [0.717, 1.165) is 19.5 Å². The van der Waals surface area contributed by atoms with Crippen molar-refractivity contribution < 1.29 is 8.42 Å². The molecule has 6 heteroatoms. The molecule has 0 unspecified atom stereocenters. The fourth-order valence-corrected chi connectivity index (χ4v) is 2.94. The maximum absolute atomic E-state index is 12.1. The zero-order valence-electron chi connectivity index (χ0n) is 11.6. The maximum Gasteiger partial charge on any atom is 0.215 e. The van der Waals surface area contributed by atoms with Gasteiger partial charge in [-0.25, -0.2) is 12.7 Å². The van der Waals surface area contributed by atoms with E-state index in [0.29, 0.717) is 19.6 Å². The van der Waals surface area contributed by atoms with Gasteiger partial charge in [0.1, 0.15) is 0 Å². The van der Waals surface area contributed by atoms with Gasteiger partial charge >= 0.3 is 0 Å². The first kappa shape index (κ1) is 16.8. The molecule has 0 aromatic rings. The normalized spacial score (nSPS) is 12.6. The van der Waals surface area contributed by atoms with E-state index in [4.69, 9.17) is 0 Å². The van der Waals surface area contributed by atoms with E-state index < -0.39 is 10.0 Å². The Morgan fingerprint density at radius 1 is 1.06 bits per heavy atom.